The Hall–Kier alpha value is -1.62. The summed E-state index contributed by atoms with van der Waals surface area (Å²) >= 11 is 5.86. The molecular formula is C14H12ClFO3. The molecule has 0 heterocycles. The van der Waals surface area contributed by atoms with Gasteiger partial charge in [-0.3, -0.25) is 0 Å². The summed E-state index contributed by atoms with van der Waals surface area (Å²) in [6.07, 6.45) is -1.66. The Morgan fingerprint density at radius 3 is 2.53 bits per heavy atom. The molecule has 19 heavy (non-hydrogen) atoms. The van der Waals surface area contributed by atoms with Gasteiger partial charge in [-0.1, -0.05) is 23.7 Å². The average molecular weight is 283 g/mol. The summed E-state index contributed by atoms with van der Waals surface area (Å²) in [5, 5.41) is 18.8. The molecule has 2 aromatic carbocycles. The molecule has 0 bridgehead atoms. The van der Waals surface area contributed by atoms with Gasteiger partial charge in [-0.15, -0.1) is 0 Å². The van der Waals surface area contributed by atoms with Crippen LogP contribution in [0.1, 0.15) is 17.4 Å². The van der Waals surface area contributed by atoms with E-state index < -0.39 is 12.1 Å². The van der Waals surface area contributed by atoms with Crippen LogP contribution >= 0.6 is 11.6 Å². The number of benzene rings is 2. The molecule has 0 aliphatic rings. The van der Waals surface area contributed by atoms with Crippen LogP contribution < -0.4 is 4.74 Å². The number of aliphatic hydroxyl groups is 2. The second kappa shape index (κ2) is 5.57. The minimum absolute atomic E-state index is 0.111. The van der Waals surface area contributed by atoms with Crippen LogP contribution in [-0.4, -0.2) is 10.2 Å². The number of aliphatic hydroxyl groups excluding tert-OH is 1. The number of aryl methyl sites for hydroxylation is 1. The van der Waals surface area contributed by atoms with Crippen LogP contribution in [0.2, 0.25) is 5.02 Å². The Kier molecular flexibility index (Phi) is 4.04. The summed E-state index contributed by atoms with van der Waals surface area (Å²) in [4.78, 5) is 0. The third-order valence-electron chi connectivity index (χ3n) is 2.66. The maximum absolute atomic E-state index is 12.9. The zero-order valence-electron chi connectivity index (χ0n) is 10.1. The van der Waals surface area contributed by atoms with Gasteiger partial charge in [0.15, 0.2) is 6.29 Å². The number of ether oxygens (including phenoxy) is 1. The van der Waals surface area contributed by atoms with Gasteiger partial charge >= 0.3 is 0 Å². The van der Waals surface area contributed by atoms with E-state index in [1.807, 2.05) is 0 Å². The van der Waals surface area contributed by atoms with Crippen molar-refractivity contribution < 1.29 is 19.3 Å². The van der Waals surface area contributed by atoms with Crippen molar-refractivity contribution in [3.63, 3.8) is 0 Å². The average Bonchev–Trinajstić information content (AvgIpc) is 2.32. The molecule has 2 rings (SSSR count). The molecule has 0 saturated heterocycles. The van der Waals surface area contributed by atoms with Gasteiger partial charge in [-0.05, 0) is 36.8 Å². The van der Waals surface area contributed by atoms with E-state index in [0.717, 1.165) is 6.07 Å². The van der Waals surface area contributed by atoms with Crippen LogP contribution in [0.15, 0.2) is 36.4 Å². The highest BCUT2D eigenvalue weighted by Crippen LogP contribution is 2.34. The highest BCUT2D eigenvalue weighted by Gasteiger charge is 2.15. The molecule has 2 N–H and O–H groups in total. The highest BCUT2D eigenvalue weighted by atomic mass is 35.5. The summed E-state index contributed by atoms with van der Waals surface area (Å²) in [6.45, 7) is 1.73. The Bertz CT molecular complexity index is 599. The SMILES string of the molecule is Cc1cccc(Oc2ccc(F)cc2Cl)c1C(O)O. The molecule has 3 nitrogen and oxygen atoms in total. The molecule has 0 saturated carbocycles. The normalized spacial score (nSPS) is 10.8. The lowest BCUT2D eigenvalue weighted by Crippen LogP contribution is -2.01. The molecule has 0 atom stereocenters. The largest absolute Gasteiger partial charge is 0.455 e. The lowest BCUT2D eigenvalue weighted by molar-refractivity contribution is -0.0441. The first-order valence-electron chi connectivity index (χ1n) is 5.57. The van der Waals surface area contributed by atoms with Gasteiger partial charge in [0.25, 0.3) is 0 Å². The van der Waals surface area contributed by atoms with Crippen molar-refractivity contribution in [1.29, 1.82) is 0 Å². The van der Waals surface area contributed by atoms with Gasteiger partial charge in [0.2, 0.25) is 0 Å². The van der Waals surface area contributed by atoms with Gasteiger partial charge in [-0.25, -0.2) is 4.39 Å². The van der Waals surface area contributed by atoms with E-state index in [2.05, 4.69) is 0 Å². The molecular weight excluding hydrogens is 271 g/mol. The maximum atomic E-state index is 12.9. The van der Waals surface area contributed by atoms with Crippen LogP contribution in [-0.2, 0) is 0 Å². The summed E-state index contributed by atoms with van der Waals surface area (Å²) in [5.41, 5.74) is 0.925. The molecule has 100 valence electrons. The summed E-state index contributed by atoms with van der Waals surface area (Å²) in [7, 11) is 0. The fourth-order valence-corrected chi connectivity index (χ4v) is 1.96. The van der Waals surface area contributed by atoms with E-state index in [1.54, 1.807) is 25.1 Å². The standard InChI is InChI=1S/C14H12ClFO3/c1-8-3-2-4-12(13(8)14(17)18)19-11-6-5-9(16)7-10(11)15/h2-7,14,17-18H,1H3. The first kappa shape index (κ1) is 13.8. The predicted molar refractivity (Wildman–Crippen MR) is 69.8 cm³/mol. The summed E-state index contributed by atoms with van der Waals surface area (Å²) < 4.78 is 18.5. The molecule has 0 fully saturated rings. The zero-order valence-corrected chi connectivity index (χ0v) is 10.9. The van der Waals surface area contributed by atoms with E-state index in [1.165, 1.54) is 12.1 Å². The lowest BCUT2D eigenvalue weighted by Gasteiger charge is -2.15. The van der Waals surface area contributed by atoms with Crippen molar-refractivity contribution in [2.45, 2.75) is 13.2 Å². The van der Waals surface area contributed by atoms with Crippen molar-refractivity contribution in [2.24, 2.45) is 0 Å². The quantitative estimate of drug-likeness (QED) is 0.846. The summed E-state index contributed by atoms with van der Waals surface area (Å²) in [5.74, 6) is 0.0445. The maximum Gasteiger partial charge on any atom is 0.182 e. The van der Waals surface area contributed by atoms with Gasteiger partial charge in [0.1, 0.15) is 17.3 Å². The Morgan fingerprint density at radius 1 is 1.16 bits per heavy atom. The van der Waals surface area contributed by atoms with Gasteiger partial charge < -0.3 is 14.9 Å². The molecule has 0 aromatic heterocycles. The number of hydrogen-bond acceptors (Lipinski definition) is 3. The van der Waals surface area contributed by atoms with E-state index in [0.29, 0.717) is 5.56 Å². The van der Waals surface area contributed by atoms with E-state index >= 15 is 0 Å². The second-order valence-corrected chi connectivity index (χ2v) is 4.44. The van der Waals surface area contributed by atoms with Gasteiger partial charge in [0.05, 0.1) is 10.6 Å². The molecule has 0 aliphatic carbocycles. The minimum atomic E-state index is -1.66. The molecule has 0 amide bonds. The van der Waals surface area contributed by atoms with E-state index in [4.69, 9.17) is 16.3 Å². The Morgan fingerprint density at radius 2 is 1.89 bits per heavy atom. The number of rotatable bonds is 3. The van der Waals surface area contributed by atoms with Crippen LogP contribution in [0, 0.1) is 12.7 Å². The van der Waals surface area contributed by atoms with Crippen molar-refractivity contribution in [3.8, 4) is 11.5 Å². The first-order chi connectivity index (χ1) is 8.99. The topological polar surface area (TPSA) is 49.7 Å². The molecule has 2 aromatic rings. The number of halogens is 2. The van der Waals surface area contributed by atoms with E-state index in [9.17, 15) is 14.6 Å². The summed E-state index contributed by atoms with van der Waals surface area (Å²) in [6, 6.07) is 8.75. The smallest absolute Gasteiger partial charge is 0.182 e. The third-order valence-corrected chi connectivity index (χ3v) is 2.95. The minimum Gasteiger partial charge on any atom is -0.455 e. The van der Waals surface area contributed by atoms with Crippen molar-refractivity contribution in [3.05, 3.63) is 58.4 Å². The van der Waals surface area contributed by atoms with Crippen LogP contribution in [0.25, 0.3) is 0 Å². The van der Waals surface area contributed by atoms with Crippen molar-refractivity contribution >= 4 is 11.6 Å². The van der Waals surface area contributed by atoms with Crippen molar-refractivity contribution in [1.82, 2.24) is 0 Å². The third kappa shape index (κ3) is 3.04. The second-order valence-electron chi connectivity index (χ2n) is 4.04. The van der Waals surface area contributed by atoms with Gasteiger partial charge in [0, 0.05) is 0 Å². The molecule has 0 aliphatic heterocycles. The fraction of sp³-hybridized carbons (Fsp3) is 0.143. The van der Waals surface area contributed by atoms with E-state index in [-0.39, 0.29) is 22.1 Å². The zero-order chi connectivity index (χ0) is 14.0. The first-order valence-corrected chi connectivity index (χ1v) is 5.95. The van der Waals surface area contributed by atoms with Crippen molar-refractivity contribution in [2.75, 3.05) is 0 Å². The molecule has 0 radical (unpaired) electrons. The molecule has 0 unspecified atom stereocenters. The van der Waals surface area contributed by atoms with Crippen LogP contribution in [0.3, 0.4) is 0 Å². The predicted octanol–water partition coefficient (Wildman–Crippen LogP) is 3.56. The molecule has 5 heteroatoms. The van der Waals surface area contributed by atoms with Crippen LogP contribution in [0.4, 0.5) is 4.39 Å². The number of hydrogen-bond donors (Lipinski definition) is 2. The Labute approximate surface area is 114 Å². The lowest BCUT2D eigenvalue weighted by atomic mass is 10.1. The van der Waals surface area contributed by atoms with Gasteiger partial charge in [-0.2, -0.15) is 0 Å². The van der Waals surface area contributed by atoms with Crippen LogP contribution in [0.5, 0.6) is 11.5 Å². The monoisotopic (exact) mass is 282 g/mol. The highest BCUT2D eigenvalue weighted by molar-refractivity contribution is 6.32. The fourth-order valence-electron chi connectivity index (χ4n) is 1.75. The molecule has 0 spiro atoms. The Balaban J connectivity index is 2.41.